The lowest BCUT2D eigenvalue weighted by molar-refractivity contribution is -0.117. The van der Waals surface area contributed by atoms with Crippen LogP contribution in [0.15, 0.2) is 46.9 Å². The van der Waals surface area contributed by atoms with E-state index >= 15 is 0 Å². The van der Waals surface area contributed by atoms with Gasteiger partial charge in [0.1, 0.15) is 13.2 Å². The Morgan fingerprint density at radius 2 is 1.78 bits per heavy atom. The minimum absolute atomic E-state index is 0.0289. The van der Waals surface area contributed by atoms with Crippen molar-refractivity contribution >= 4 is 27.5 Å². The summed E-state index contributed by atoms with van der Waals surface area (Å²) in [4.78, 5) is 12.4. The molecule has 1 fully saturated rings. The molecular formula is C18H16BrNO3. The van der Waals surface area contributed by atoms with Gasteiger partial charge in [0.15, 0.2) is 11.5 Å². The lowest BCUT2D eigenvalue weighted by Crippen LogP contribution is -2.16. The maximum atomic E-state index is 12.4. The number of anilines is 1. The van der Waals surface area contributed by atoms with Gasteiger partial charge < -0.3 is 14.8 Å². The number of carbonyl (C=O) groups is 1. The van der Waals surface area contributed by atoms with E-state index in [0.717, 1.165) is 33.6 Å². The summed E-state index contributed by atoms with van der Waals surface area (Å²) in [6.45, 7) is 1.17. The van der Waals surface area contributed by atoms with E-state index < -0.39 is 0 Å². The summed E-state index contributed by atoms with van der Waals surface area (Å²) in [5.74, 6) is 1.94. The summed E-state index contributed by atoms with van der Waals surface area (Å²) in [5, 5.41) is 2.98. The molecule has 1 amide bonds. The first-order valence-electron chi connectivity index (χ1n) is 7.67. The van der Waals surface area contributed by atoms with Gasteiger partial charge in [-0.25, -0.2) is 0 Å². The van der Waals surface area contributed by atoms with Crippen molar-refractivity contribution in [3.05, 3.63) is 52.5 Å². The number of fused-ring (bicyclic) bond motifs is 1. The summed E-state index contributed by atoms with van der Waals surface area (Å²) in [7, 11) is 0. The largest absolute Gasteiger partial charge is 0.486 e. The van der Waals surface area contributed by atoms with Gasteiger partial charge in [-0.05, 0) is 54.3 Å². The fourth-order valence-corrected chi connectivity index (χ4v) is 3.18. The van der Waals surface area contributed by atoms with E-state index in [1.807, 2.05) is 42.5 Å². The van der Waals surface area contributed by atoms with E-state index in [1.54, 1.807) is 0 Å². The Labute approximate surface area is 142 Å². The maximum absolute atomic E-state index is 12.4. The number of ether oxygens (including phenoxy) is 2. The number of benzene rings is 2. The fraction of sp³-hybridized carbons (Fsp3) is 0.278. The molecule has 2 aliphatic rings. The molecule has 1 saturated carbocycles. The van der Waals surface area contributed by atoms with Crippen LogP contribution in [-0.2, 0) is 4.79 Å². The molecule has 0 saturated heterocycles. The first-order chi connectivity index (χ1) is 11.2. The quantitative estimate of drug-likeness (QED) is 0.885. The molecule has 0 spiro atoms. The summed E-state index contributed by atoms with van der Waals surface area (Å²) >= 11 is 3.39. The van der Waals surface area contributed by atoms with Gasteiger partial charge in [-0.1, -0.05) is 22.0 Å². The summed E-state index contributed by atoms with van der Waals surface area (Å²) < 4.78 is 12.1. The highest BCUT2D eigenvalue weighted by atomic mass is 79.9. The van der Waals surface area contributed by atoms with E-state index in [1.165, 1.54) is 0 Å². The third kappa shape index (κ3) is 3.06. The number of nitrogens with one attached hydrogen (secondary N) is 1. The normalized spacial score (nSPS) is 21.6. The van der Waals surface area contributed by atoms with Crippen molar-refractivity contribution in [2.45, 2.75) is 12.3 Å². The second-order valence-electron chi connectivity index (χ2n) is 5.85. The predicted octanol–water partition coefficient (Wildman–Crippen LogP) is 3.96. The molecule has 1 N–H and O–H groups in total. The molecule has 118 valence electrons. The summed E-state index contributed by atoms with van der Waals surface area (Å²) in [5.41, 5.74) is 1.97. The Balaban J connectivity index is 1.43. The van der Waals surface area contributed by atoms with Gasteiger partial charge in [-0.2, -0.15) is 0 Å². The zero-order valence-corrected chi connectivity index (χ0v) is 14.0. The van der Waals surface area contributed by atoms with Crippen molar-refractivity contribution in [3.8, 4) is 11.5 Å². The molecule has 23 heavy (non-hydrogen) atoms. The number of hydrogen-bond acceptors (Lipinski definition) is 3. The third-order valence-electron chi connectivity index (χ3n) is 4.23. The summed E-state index contributed by atoms with van der Waals surface area (Å²) in [6.07, 6.45) is 0.877. The van der Waals surface area contributed by atoms with Crippen LogP contribution in [0, 0.1) is 5.92 Å². The van der Waals surface area contributed by atoms with E-state index in [2.05, 4.69) is 21.2 Å². The standard InChI is InChI=1S/C18H16BrNO3/c19-12-2-4-13(5-3-12)20-18(21)15-10-14(15)11-1-6-16-17(9-11)23-8-7-22-16/h1-6,9,14-15H,7-8,10H2,(H,20,21)/t14-,15+/m1/s1. The lowest BCUT2D eigenvalue weighted by Gasteiger charge is -2.18. The van der Waals surface area contributed by atoms with Gasteiger partial charge in [0.05, 0.1) is 0 Å². The van der Waals surface area contributed by atoms with Crippen LogP contribution in [-0.4, -0.2) is 19.1 Å². The van der Waals surface area contributed by atoms with Crippen LogP contribution in [0.25, 0.3) is 0 Å². The van der Waals surface area contributed by atoms with Gasteiger partial charge in [0.25, 0.3) is 0 Å². The minimum atomic E-state index is 0.0289. The highest BCUT2D eigenvalue weighted by molar-refractivity contribution is 9.10. The molecule has 2 aromatic carbocycles. The van der Waals surface area contributed by atoms with Crippen molar-refractivity contribution in [2.75, 3.05) is 18.5 Å². The van der Waals surface area contributed by atoms with Crippen molar-refractivity contribution in [2.24, 2.45) is 5.92 Å². The molecule has 4 rings (SSSR count). The zero-order valence-electron chi connectivity index (χ0n) is 12.4. The molecule has 1 heterocycles. The number of carbonyl (C=O) groups excluding carboxylic acids is 1. The molecule has 5 heteroatoms. The number of halogens is 1. The molecule has 2 atom stereocenters. The highest BCUT2D eigenvalue weighted by Crippen LogP contribution is 2.49. The Kier molecular flexibility index (Phi) is 3.73. The Morgan fingerprint density at radius 3 is 2.57 bits per heavy atom. The molecule has 0 aromatic heterocycles. The van der Waals surface area contributed by atoms with E-state index in [-0.39, 0.29) is 17.7 Å². The summed E-state index contributed by atoms with van der Waals surface area (Å²) in [6, 6.07) is 13.6. The van der Waals surface area contributed by atoms with Crippen molar-refractivity contribution in [1.82, 2.24) is 0 Å². The number of rotatable bonds is 3. The lowest BCUT2D eigenvalue weighted by atomic mass is 10.1. The van der Waals surface area contributed by atoms with E-state index in [0.29, 0.717) is 13.2 Å². The van der Waals surface area contributed by atoms with E-state index in [4.69, 9.17) is 9.47 Å². The topological polar surface area (TPSA) is 47.6 Å². The smallest absolute Gasteiger partial charge is 0.228 e. The van der Waals surface area contributed by atoms with Gasteiger partial charge >= 0.3 is 0 Å². The van der Waals surface area contributed by atoms with Crippen LogP contribution in [0.2, 0.25) is 0 Å². The van der Waals surface area contributed by atoms with E-state index in [9.17, 15) is 4.79 Å². The van der Waals surface area contributed by atoms with Crippen molar-refractivity contribution in [1.29, 1.82) is 0 Å². The SMILES string of the molecule is O=C(Nc1ccc(Br)cc1)[C@H]1C[C@@H]1c1ccc2c(c1)OCCO2. The number of hydrogen-bond donors (Lipinski definition) is 1. The first-order valence-corrected chi connectivity index (χ1v) is 8.46. The van der Waals surface area contributed by atoms with Crippen LogP contribution in [0.5, 0.6) is 11.5 Å². The monoisotopic (exact) mass is 373 g/mol. The Bertz CT molecular complexity index is 744. The van der Waals surface area contributed by atoms with Gasteiger partial charge in [0.2, 0.25) is 5.91 Å². The maximum Gasteiger partial charge on any atom is 0.228 e. The van der Waals surface area contributed by atoms with Crippen LogP contribution >= 0.6 is 15.9 Å². The molecule has 1 aliphatic heterocycles. The molecule has 0 bridgehead atoms. The minimum Gasteiger partial charge on any atom is -0.486 e. The van der Waals surface area contributed by atoms with Crippen molar-refractivity contribution in [3.63, 3.8) is 0 Å². The third-order valence-corrected chi connectivity index (χ3v) is 4.76. The van der Waals surface area contributed by atoms with Gasteiger partial charge in [-0.15, -0.1) is 0 Å². The predicted molar refractivity (Wildman–Crippen MR) is 91.1 cm³/mol. The van der Waals surface area contributed by atoms with Gasteiger partial charge in [-0.3, -0.25) is 4.79 Å². The molecule has 4 nitrogen and oxygen atoms in total. The highest BCUT2D eigenvalue weighted by Gasteiger charge is 2.44. The average molecular weight is 374 g/mol. The van der Waals surface area contributed by atoms with Crippen LogP contribution in [0.4, 0.5) is 5.69 Å². The molecule has 0 unspecified atom stereocenters. The molecular weight excluding hydrogens is 358 g/mol. The number of amides is 1. The molecule has 2 aromatic rings. The second-order valence-corrected chi connectivity index (χ2v) is 6.76. The average Bonchev–Trinajstić information content (AvgIpc) is 3.37. The Hall–Kier alpha value is -2.01. The van der Waals surface area contributed by atoms with Gasteiger partial charge in [0, 0.05) is 16.1 Å². The van der Waals surface area contributed by atoms with Crippen LogP contribution < -0.4 is 14.8 Å². The van der Waals surface area contributed by atoms with Crippen LogP contribution in [0.1, 0.15) is 17.9 Å². The Morgan fingerprint density at radius 1 is 1.04 bits per heavy atom. The first kappa shape index (κ1) is 14.6. The zero-order chi connectivity index (χ0) is 15.8. The molecule has 1 aliphatic carbocycles. The van der Waals surface area contributed by atoms with Crippen LogP contribution in [0.3, 0.4) is 0 Å². The molecule has 0 radical (unpaired) electrons. The van der Waals surface area contributed by atoms with Crippen molar-refractivity contribution < 1.29 is 14.3 Å². The second kappa shape index (κ2) is 5.89. The fourth-order valence-electron chi connectivity index (χ4n) is 2.91.